The Balaban J connectivity index is 2.02. The van der Waals surface area contributed by atoms with Crippen LogP contribution in [0, 0.1) is 0 Å². The molecule has 154 valence electrons. The molecule has 0 radical (unpaired) electrons. The highest BCUT2D eigenvalue weighted by Gasteiger charge is 2.34. The number of nitrogens with one attached hydrogen (secondary N) is 2. The zero-order valence-corrected chi connectivity index (χ0v) is 16.0. The van der Waals surface area contributed by atoms with E-state index in [0.717, 1.165) is 6.07 Å². The van der Waals surface area contributed by atoms with E-state index in [1.807, 2.05) is 0 Å². The molecule has 0 aliphatic carbocycles. The molecular formula is C20H20F3N3O3. The summed E-state index contributed by atoms with van der Waals surface area (Å²) in [5.74, 6) is -0.960. The van der Waals surface area contributed by atoms with E-state index in [2.05, 4.69) is 15.8 Å². The minimum absolute atomic E-state index is 0.196. The number of amides is 2. The lowest BCUT2D eigenvalue weighted by molar-refractivity contribution is -0.137. The minimum Gasteiger partial charge on any atom is -0.382 e. The van der Waals surface area contributed by atoms with Crippen LogP contribution < -0.4 is 10.6 Å². The number of hydrogen-bond acceptors (Lipinski definition) is 4. The van der Waals surface area contributed by atoms with Crippen LogP contribution in [0.2, 0.25) is 0 Å². The number of halogens is 3. The van der Waals surface area contributed by atoms with Crippen molar-refractivity contribution in [3.05, 3.63) is 59.7 Å². The molecule has 0 aliphatic heterocycles. The second kappa shape index (κ2) is 9.22. The summed E-state index contributed by atoms with van der Waals surface area (Å²) < 4.78 is 39.0. The number of carbonyl (C=O) groups is 2. The van der Waals surface area contributed by atoms with Gasteiger partial charge in [-0.15, -0.1) is 0 Å². The second-order valence-corrected chi connectivity index (χ2v) is 6.22. The monoisotopic (exact) mass is 407 g/mol. The first-order valence-corrected chi connectivity index (χ1v) is 8.63. The second-order valence-electron chi connectivity index (χ2n) is 6.22. The smallest absolute Gasteiger partial charge is 0.382 e. The van der Waals surface area contributed by atoms with Crippen molar-refractivity contribution in [3.63, 3.8) is 0 Å². The molecule has 0 spiro atoms. The third-order valence-corrected chi connectivity index (χ3v) is 3.83. The van der Waals surface area contributed by atoms with Crippen molar-refractivity contribution in [2.75, 3.05) is 10.6 Å². The van der Waals surface area contributed by atoms with Gasteiger partial charge in [0, 0.05) is 12.6 Å². The van der Waals surface area contributed by atoms with Crippen molar-refractivity contribution in [1.29, 1.82) is 0 Å². The van der Waals surface area contributed by atoms with Crippen LogP contribution in [0.4, 0.5) is 24.5 Å². The molecule has 9 heteroatoms. The summed E-state index contributed by atoms with van der Waals surface area (Å²) >= 11 is 0. The van der Waals surface area contributed by atoms with Gasteiger partial charge in [-0.2, -0.15) is 13.2 Å². The Kier molecular flexibility index (Phi) is 6.98. The average Bonchev–Trinajstić information content (AvgIpc) is 2.65. The van der Waals surface area contributed by atoms with Crippen LogP contribution in [-0.4, -0.2) is 23.6 Å². The highest BCUT2D eigenvalue weighted by Crippen LogP contribution is 2.34. The normalized spacial score (nSPS) is 12.8. The highest BCUT2D eigenvalue weighted by atomic mass is 19.4. The maximum Gasteiger partial charge on any atom is 0.418 e. The van der Waals surface area contributed by atoms with E-state index in [-0.39, 0.29) is 11.6 Å². The molecule has 2 rings (SSSR count). The summed E-state index contributed by atoms with van der Waals surface area (Å²) in [6, 6.07) is 11.5. The first-order chi connectivity index (χ1) is 13.6. The lowest BCUT2D eigenvalue weighted by Gasteiger charge is -2.15. The number of oxime groups is 1. The Morgan fingerprint density at radius 1 is 1.00 bits per heavy atom. The molecule has 6 nitrogen and oxygen atoms in total. The van der Waals surface area contributed by atoms with Gasteiger partial charge in [-0.3, -0.25) is 9.59 Å². The third kappa shape index (κ3) is 6.34. The van der Waals surface area contributed by atoms with Gasteiger partial charge in [0.15, 0.2) is 0 Å². The maximum atomic E-state index is 13.0. The fourth-order valence-electron chi connectivity index (χ4n) is 2.33. The molecule has 29 heavy (non-hydrogen) atoms. The Morgan fingerprint density at radius 2 is 1.62 bits per heavy atom. The van der Waals surface area contributed by atoms with E-state index in [4.69, 9.17) is 4.84 Å². The van der Waals surface area contributed by atoms with E-state index in [1.165, 1.54) is 32.0 Å². The molecule has 2 aromatic rings. The number of alkyl halides is 3. The Labute approximate surface area is 165 Å². The molecule has 2 amide bonds. The molecule has 1 atom stereocenters. The van der Waals surface area contributed by atoms with Crippen LogP contribution in [0.15, 0.2) is 53.7 Å². The average molecular weight is 407 g/mol. The van der Waals surface area contributed by atoms with E-state index in [1.54, 1.807) is 31.2 Å². The Morgan fingerprint density at radius 3 is 2.21 bits per heavy atom. The van der Waals surface area contributed by atoms with Gasteiger partial charge >= 0.3 is 6.18 Å². The molecule has 2 N–H and O–H groups in total. The molecule has 0 heterocycles. The Hall–Kier alpha value is -3.36. The van der Waals surface area contributed by atoms with Gasteiger partial charge in [0.1, 0.15) is 0 Å². The largest absolute Gasteiger partial charge is 0.418 e. The van der Waals surface area contributed by atoms with E-state index < -0.39 is 23.8 Å². The van der Waals surface area contributed by atoms with Crippen molar-refractivity contribution < 1.29 is 27.6 Å². The van der Waals surface area contributed by atoms with Crippen LogP contribution in [0.5, 0.6) is 0 Å². The van der Waals surface area contributed by atoms with Gasteiger partial charge in [-0.25, -0.2) is 0 Å². The minimum atomic E-state index is -4.59. The summed E-state index contributed by atoms with van der Waals surface area (Å²) in [6.07, 6.45) is -5.71. The van der Waals surface area contributed by atoms with Gasteiger partial charge in [-0.1, -0.05) is 29.4 Å². The van der Waals surface area contributed by atoms with Gasteiger partial charge in [0.05, 0.1) is 17.0 Å². The molecule has 0 saturated heterocycles. The molecule has 0 fully saturated rings. The van der Waals surface area contributed by atoms with E-state index in [0.29, 0.717) is 17.0 Å². The predicted octanol–water partition coefficient (Wildman–Crippen LogP) is 4.43. The van der Waals surface area contributed by atoms with Crippen molar-refractivity contribution in [2.24, 2.45) is 5.16 Å². The molecule has 0 saturated carbocycles. The van der Waals surface area contributed by atoms with Crippen molar-refractivity contribution in [2.45, 2.75) is 33.1 Å². The van der Waals surface area contributed by atoms with Crippen LogP contribution in [0.25, 0.3) is 0 Å². The number of nitrogens with zero attached hydrogens (tertiary/aromatic N) is 1. The molecule has 2 aromatic carbocycles. The first-order valence-electron chi connectivity index (χ1n) is 8.63. The predicted molar refractivity (Wildman–Crippen MR) is 104 cm³/mol. The standard InChI is InChI=1S/C20H20F3N3O3/c1-12(15-8-10-16(11-9-15)24-14(3)27)26-29-13(2)19(28)25-18-7-5-4-6-17(18)20(21,22)23/h4-11,13H,1-3H3,(H,24,27)(H,25,28)/b26-12+. The zero-order valence-electron chi connectivity index (χ0n) is 16.0. The topological polar surface area (TPSA) is 79.8 Å². The van der Waals surface area contributed by atoms with E-state index >= 15 is 0 Å². The number of carbonyl (C=O) groups excluding carboxylic acids is 2. The maximum absolute atomic E-state index is 13.0. The summed E-state index contributed by atoms with van der Waals surface area (Å²) in [7, 11) is 0. The SMILES string of the molecule is CC(=O)Nc1ccc(/C(C)=N/OC(C)C(=O)Nc2ccccc2C(F)(F)F)cc1. The van der Waals surface area contributed by atoms with Gasteiger partial charge in [0.2, 0.25) is 12.0 Å². The number of para-hydroxylation sites is 1. The van der Waals surface area contributed by atoms with Crippen molar-refractivity contribution in [1.82, 2.24) is 0 Å². The number of anilines is 2. The van der Waals surface area contributed by atoms with Crippen molar-refractivity contribution in [3.8, 4) is 0 Å². The molecule has 1 unspecified atom stereocenters. The molecule has 0 aromatic heterocycles. The van der Waals surface area contributed by atoms with Crippen LogP contribution in [0.3, 0.4) is 0 Å². The fraction of sp³-hybridized carbons (Fsp3) is 0.250. The lowest BCUT2D eigenvalue weighted by Crippen LogP contribution is -2.27. The highest BCUT2D eigenvalue weighted by molar-refractivity contribution is 5.99. The van der Waals surface area contributed by atoms with Gasteiger partial charge in [0.25, 0.3) is 5.91 Å². The molecular weight excluding hydrogens is 387 g/mol. The molecule has 0 aliphatic rings. The Bertz CT molecular complexity index is 909. The first kappa shape index (κ1) is 21.9. The van der Waals surface area contributed by atoms with Crippen molar-refractivity contribution >= 4 is 28.9 Å². The van der Waals surface area contributed by atoms with Gasteiger partial charge < -0.3 is 15.5 Å². The number of benzene rings is 2. The summed E-state index contributed by atoms with van der Waals surface area (Å²) in [5.41, 5.74) is 0.462. The summed E-state index contributed by atoms with van der Waals surface area (Å²) in [4.78, 5) is 28.3. The summed E-state index contributed by atoms with van der Waals surface area (Å²) in [6.45, 7) is 4.42. The number of rotatable bonds is 6. The quantitative estimate of drug-likeness (QED) is 0.549. The zero-order chi connectivity index (χ0) is 21.6. The van der Waals surface area contributed by atoms with Crippen LogP contribution in [0.1, 0.15) is 31.9 Å². The van der Waals surface area contributed by atoms with Gasteiger partial charge in [-0.05, 0) is 43.7 Å². The van der Waals surface area contributed by atoms with E-state index in [9.17, 15) is 22.8 Å². The fourth-order valence-corrected chi connectivity index (χ4v) is 2.33. The third-order valence-electron chi connectivity index (χ3n) is 3.83. The van der Waals surface area contributed by atoms with Crippen LogP contribution in [-0.2, 0) is 20.6 Å². The summed E-state index contributed by atoms with van der Waals surface area (Å²) in [5, 5.41) is 8.71. The molecule has 0 bridgehead atoms. The van der Waals surface area contributed by atoms with Crippen LogP contribution >= 0.6 is 0 Å². The lowest BCUT2D eigenvalue weighted by atomic mass is 10.1. The number of hydrogen-bond donors (Lipinski definition) is 2.